The van der Waals surface area contributed by atoms with Gasteiger partial charge in [-0.05, 0) is 49.9 Å². The van der Waals surface area contributed by atoms with Gasteiger partial charge in [0.1, 0.15) is 19.0 Å². The van der Waals surface area contributed by atoms with Gasteiger partial charge >= 0.3 is 0 Å². The second-order valence-corrected chi connectivity index (χ2v) is 4.74. The maximum absolute atomic E-state index is 8.69. The van der Waals surface area contributed by atoms with E-state index in [1.165, 1.54) is 6.42 Å². The summed E-state index contributed by atoms with van der Waals surface area (Å²) in [5.74, 6) is 6.42. The lowest BCUT2D eigenvalue weighted by Crippen LogP contribution is -2.25. The molecule has 0 amide bonds. The minimum absolute atomic E-state index is 0.114. The van der Waals surface area contributed by atoms with Gasteiger partial charge in [0.15, 0.2) is 0 Å². The minimum atomic E-state index is -0.114. The van der Waals surface area contributed by atoms with Crippen molar-refractivity contribution in [1.82, 2.24) is 0 Å². The zero-order valence-corrected chi connectivity index (χ0v) is 11.3. The molecule has 1 N–H and O–H groups in total. The number of aliphatic hydroxyl groups excluding tert-OH is 1. The summed E-state index contributed by atoms with van der Waals surface area (Å²) in [6.07, 6.45) is 3.69. The number of hydrogen-bond acceptors (Lipinski definition) is 3. The van der Waals surface area contributed by atoms with E-state index in [-0.39, 0.29) is 12.7 Å². The van der Waals surface area contributed by atoms with Gasteiger partial charge in [-0.3, -0.25) is 0 Å². The molecule has 1 heterocycles. The Morgan fingerprint density at radius 1 is 1.42 bits per heavy atom. The van der Waals surface area contributed by atoms with Crippen LogP contribution in [0, 0.1) is 18.8 Å². The van der Waals surface area contributed by atoms with Gasteiger partial charge in [0.05, 0.1) is 6.10 Å². The number of ether oxygens (including phenoxy) is 2. The molecular weight excluding hydrogens is 240 g/mol. The first-order chi connectivity index (χ1) is 9.29. The Morgan fingerprint density at radius 2 is 2.32 bits per heavy atom. The molecule has 1 aliphatic heterocycles. The summed E-state index contributed by atoms with van der Waals surface area (Å²) in [4.78, 5) is 0. The molecule has 3 nitrogen and oxygen atoms in total. The molecule has 19 heavy (non-hydrogen) atoms. The third kappa shape index (κ3) is 4.27. The number of aryl methyl sites for hydroxylation is 1. The first kappa shape index (κ1) is 13.9. The Bertz CT molecular complexity index is 465. The SMILES string of the molecule is Cc1cc(OCC2CCCCO2)ccc1C#CCO. The maximum Gasteiger partial charge on any atom is 0.119 e. The van der Waals surface area contributed by atoms with Gasteiger partial charge in [0, 0.05) is 12.2 Å². The van der Waals surface area contributed by atoms with Crippen molar-refractivity contribution in [2.24, 2.45) is 0 Å². The van der Waals surface area contributed by atoms with E-state index in [2.05, 4.69) is 11.8 Å². The fourth-order valence-electron chi connectivity index (χ4n) is 2.13. The van der Waals surface area contributed by atoms with Crippen LogP contribution < -0.4 is 4.74 Å². The Kier molecular flexibility index (Phi) is 5.26. The van der Waals surface area contributed by atoms with Gasteiger partial charge in [-0.2, -0.15) is 0 Å². The number of benzene rings is 1. The summed E-state index contributed by atoms with van der Waals surface area (Å²) in [6.45, 7) is 3.34. The molecule has 102 valence electrons. The molecule has 1 aromatic rings. The Balaban J connectivity index is 1.92. The van der Waals surface area contributed by atoms with Gasteiger partial charge in [-0.1, -0.05) is 11.8 Å². The maximum atomic E-state index is 8.69. The standard InChI is InChI=1S/C16H20O3/c1-13-11-15(8-7-14(13)5-4-9-17)19-12-16-6-2-3-10-18-16/h7-8,11,16-17H,2-3,6,9-10,12H2,1H3. The highest BCUT2D eigenvalue weighted by molar-refractivity contribution is 5.44. The Labute approximate surface area is 114 Å². The van der Waals surface area contributed by atoms with Crippen LogP contribution in [0.25, 0.3) is 0 Å². The molecule has 1 aliphatic rings. The van der Waals surface area contributed by atoms with E-state index in [0.29, 0.717) is 6.61 Å². The van der Waals surface area contributed by atoms with Gasteiger partial charge in [0.2, 0.25) is 0 Å². The van der Waals surface area contributed by atoms with Gasteiger partial charge in [0.25, 0.3) is 0 Å². The van der Waals surface area contributed by atoms with Crippen molar-refractivity contribution in [1.29, 1.82) is 0 Å². The monoisotopic (exact) mass is 260 g/mol. The average Bonchev–Trinajstić information content (AvgIpc) is 2.45. The number of aliphatic hydroxyl groups is 1. The van der Waals surface area contributed by atoms with Crippen molar-refractivity contribution < 1.29 is 14.6 Å². The molecule has 1 unspecified atom stereocenters. The van der Waals surface area contributed by atoms with Crippen molar-refractivity contribution in [2.75, 3.05) is 19.8 Å². The molecule has 2 rings (SSSR count). The van der Waals surface area contributed by atoms with Crippen LogP contribution in [0.2, 0.25) is 0 Å². The van der Waals surface area contributed by atoms with E-state index < -0.39 is 0 Å². The molecule has 3 heteroatoms. The first-order valence-corrected chi connectivity index (χ1v) is 6.74. The summed E-state index contributed by atoms with van der Waals surface area (Å²) in [5, 5.41) is 8.69. The van der Waals surface area contributed by atoms with Crippen molar-refractivity contribution in [3.63, 3.8) is 0 Å². The van der Waals surface area contributed by atoms with Crippen LogP contribution in [-0.4, -0.2) is 31.0 Å². The van der Waals surface area contributed by atoms with Gasteiger partial charge in [-0.25, -0.2) is 0 Å². The molecule has 1 fully saturated rings. The summed E-state index contributed by atoms with van der Waals surface area (Å²) in [7, 11) is 0. The van der Waals surface area contributed by atoms with Crippen LogP contribution in [0.3, 0.4) is 0 Å². The molecule has 1 atom stereocenters. The molecule has 0 saturated carbocycles. The van der Waals surface area contributed by atoms with E-state index in [9.17, 15) is 0 Å². The van der Waals surface area contributed by atoms with Crippen molar-refractivity contribution in [2.45, 2.75) is 32.3 Å². The molecule has 0 spiro atoms. The predicted octanol–water partition coefficient (Wildman–Crippen LogP) is 2.29. The lowest BCUT2D eigenvalue weighted by Gasteiger charge is -2.22. The van der Waals surface area contributed by atoms with Crippen molar-refractivity contribution in [3.8, 4) is 17.6 Å². The lowest BCUT2D eigenvalue weighted by molar-refractivity contribution is -0.0110. The van der Waals surface area contributed by atoms with E-state index >= 15 is 0 Å². The van der Waals surface area contributed by atoms with Crippen LogP contribution in [0.15, 0.2) is 18.2 Å². The topological polar surface area (TPSA) is 38.7 Å². The highest BCUT2D eigenvalue weighted by Gasteiger charge is 2.14. The Morgan fingerprint density at radius 3 is 3.00 bits per heavy atom. The van der Waals surface area contributed by atoms with E-state index in [4.69, 9.17) is 14.6 Å². The fraction of sp³-hybridized carbons (Fsp3) is 0.500. The molecule has 1 saturated heterocycles. The zero-order valence-electron chi connectivity index (χ0n) is 11.3. The molecule has 0 bridgehead atoms. The van der Waals surface area contributed by atoms with Gasteiger partial charge < -0.3 is 14.6 Å². The second kappa shape index (κ2) is 7.18. The average molecular weight is 260 g/mol. The van der Waals surface area contributed by atoms with Crippen molar-refractivity contribution >= 4 is 0 Å². The van der Waals surface area contributed by atoms with E-state index in [1.54, 1.807) is 0 Å². The van der Waals surface area contributed by atoms with Gasteiger partial charge in [-0.15, -0.1) is 0 Å². The number of hydrogen-bond donors (Lipinski definition) is 1. The predicted molar refractivity (Wildman–Crippen MR) is 74.2 cm³/mol. The first-order valence-electron chi connectivity index (χ1n) is 6.74. The Hall–Kier alpha value is -1.50. The van der Waals surface area contributed by atoms with Crippen LogP contribution in [0.5, 0.6) is 5.75 Å². The van der Waals surface area contributed by atoms with E-state index in [0.717, 1.165) is 36.3 Å². The summed E-state index contributed by atoms with van der Waals surface area (Å²) in [6, 6.07) is 5.82. The fourth-order valence-corrected chi connectivity index (χ4v) is 2.13. The molecule has 1 aromatic carbocycles. The summed E-state index contributed by atoms with van der Waals surface area (Å²) >= 11 is 0. The lowest BCUT2D eigenvalue weighted by atomic mass is 10.1. The third-order valence-corrected chi connectivity index (χ3v) is 3.21. The van der Waals surface area contributed by atoms with Crippen LogP contribution >= 0.6 is 0 Å². The number of rotatable bonds is 3. The smallest absolute Gasteiger partial charge is 0.119 e. The summed E-state index contributed by atoms with van der Waals surface area (Å²) in [5.41, 5.74) is 1.98. The van der Waals surface area contributed by atoms with Crippen LogP contribution in [0.4, 0.5) is 0 Å². The normalized spacial score (nSPS) is 18.5. The second-order valence-electron chi connectivity index (χ2n) is 4.74. The molecule has 0 aliphatic carbocycles. The minimum Gasteiger partial charge on any atom is -0.491 e. The van der Waals surface area contributed by atoms with Crippen LogP contribution in [0.1, 0.15) is 30.4 Å². The van der Waals surface area contributed by atoms with Crippen molar-refractivity contribution in [3.05, 3.63) is 29.3 Å². The highest BCUT2D eigenvalue weighted by atomic mass is 16.5. The van der Waals surface area contributed by atoms with E-state index in [1.807, 2.05) is 25.1 Å². The van der Waals surface area contributed by atoms with Crippen LogP contribution in [-0.2, 0) is 4.74 Å². The molecule has 0 aromatic heterocycles. The summed E-state index contributed by atoms with van der Waals surface area (Å²) < 4.78 is 11.4. The molecule has 0 radical (unpaired) electrons. The highest BCUT2D eigenvalue weighted by Crippen LogP contribution is 2.19. The molecular formula is C16H20O3. The quantitative estimate of drug-likeness (QED) is 0.847. The largest absolute Gasteiger partial charge is 0.491 e. The third-order valence-electron chi connectivity index (χ3n) is 3.21. The zero-order chi connectivity index (χ0) is 13.5.